The van der Waals surface area contributed by atoms with Crippen LogP contribution in [-0.4, -0.2) is 20.1 Å². The normalized spacial score (nSPS) is 11.6. The second kappa shape index (κ2) is 7.12. The van der Waals surface area contributed by atoms with Crippen LogP contribution in [0.4, 0.5) is 0 Å². The molecule has 0 radical (unpaired) electrons. The van der Waals surface area contributed by atoms with Crippen LogP contribution in [0.3, 0.4) is 0 Å². The van der Waals surface area contributed by atoms with Crippen molar-refractivity contribution >= 4 is 11.0 Å². The Kier molecular flexibility index (Phi) is 4.63. The predicted molar refractivity (Wildman–Crippen MR) is 114 cm³/mol. The number of fused-ring (bicyclic) bond motifs is 1. The zero-order valence-corrected chi connectivity index (χ0v) is 16.7. The average Bonchev–Trinajstić information content (AvgIpc) is 3.12. The molecule has 1 aromatic heterocycles. The van der Waals surface area contributed by atoms with E-state index in [1.54, 1.807) is 4.80 Å². The molecule has 0 aliphatic carbocycles. The Morgan fingerprint density at radius 3 is 2.25 bits per heavy atom. The maximum absolute atomic E-state index is 10.9. The summed E-state index contributed by atoms with van der Waals surface area (Å²) in [6, 6.07) is 20.3. The van der Waals surface area contributed by atoms with Crippen LogP contribution in [0.25, 0.3) is 27.8 Å². The topological polar surface area (TPSA) is 50.9 Å². The standard InChI is InChI=1S/C24H25N3O/c1-15(2)18-13-20(16(3)4)24(28)22(14-18)27-25-21-12-8-11-19(23(21)26-27)17-9-6-5-7-10-17/h5-16,28H,1-4H3. The van der Waals surface area contributed by atoms with Crippen molar-refractivity contribution < 1.29 is 5.11 Å². The Morgan fingerprint density at radius 1 is 0.821 bits per heavy atom. The third-order valence-corrected chi connectivity index (χ3v) is 5.14. The smallest absolute Gasteiger partial charge is 0.146 e. The van der Waals surface area contributed by atoms with Crippen molar-refractivity contribution in [1.29, 1.82) is 0 Å². The van der Waals surface area contributed by atoms with Gasteiger partial charge in [-0.25, -0.2) is 0 Å². The lowest BCUT2D eigenvalue weighted by Crippen LogP contribution is -2.04. The molecule has 0 unspecified atom stereocenters. The lowest BCUT2D eigenvalue weighted by Gasteiger charge is -2.16. The minimum atomic E-state index is 0.210. The van der Waals surface area contributed by atoms with Crippen LogP contribution in [-0.2, 0) is 0 Å². The maximum atomic E-state index is 10.9. The van der Waals surface area contributed by atoms with E-state index in [0.29, 0.717) is 11.6 Å². The first-order valence-corrected chi connectivity index (χ1v) is 9.74. The summed E-state index contributed by atoms with van der Waals surface area (Å²) in [6.07, 6.45) is 0. The van der Waals surface area contributed by atoms with E-state index >= 15 is 0 Å². The van der Waals surface area contributed by atoms with Gasteiger partial charge in [-0.2, -0.15) is 0 Å². The molecule has 0 aliphatic heterocycles. The lowest BCUT2D eigenvalue weighted by atomic mass is 9.94. The van der Waals surface area contributed by atoms with Gasteiger partial charge in [0.15, 0.2) is 0 Å². The molecule has 1 heterocycles. The zero-order valence-electron chi connectivity index (χ0n) is 16.7. The third kappa shape index (κ3) is 3.15. The van der Waals surface area contributed by atoms with Crippen LogP contribution < -0.4 is 0 Å². The Bertz CT molecular complexity index is 1130. The first kappa shape index (κ1) is 18.2. The Balaban J connectivity index is 1.93. The summed E-state index contributed by atoms with van der Waals surface area (Å²) in [7, 11) is 0. The van der Waals surface area contributed by atoms with Crippen LogP contribution in [0.15, 0.2) is 60.7 Å². The van der Waals surface area contributed by atoms with Crippen LogP contribution in [0, 0.1) is 0 Å². The van der Waals surface area contributed by atoms with E-state index in [4.69, 9.17) is 5.10 Å². The van der Waals surface area contributed by atoms with Gasteiger partial charge >= 0.3 is 0 Å². The van der Waals surface area contributed by atoms with Gasteiger partial charge < -0.3 is 5.11 Å². The molecule has 0 saturated carbocycles. The van der Waals surface area contributed by atoms with Crippen molar-refractivity contribution in [2.45, 2.75) is 39.5 Å². The lowest BCUT2D eigenvalue weighted by molar-refractivity contribution is 0.457. The van der Waals surface area contributed by atoms with Crippen molar-refractivity contribution in [2.24, 2.45) is 0 Å². The monoisotopic (exact) mass is 371 g/mol. The van der Waals surface area contributed by atoms with Gasteiger partial charge in [-0.1, -0.05) is 76.2 Å². The number of aromatic hydroxyl groups is 1. The molecule has 4 heteroatoms. The number of phenolic OH excluding ortho intramolecular Hbond substituents is 1. The highest BCUT2D eigenvalue weighted by Gasteiger charge is 2.18. The van der Waals surface area contributed by atoms with Crippen LogP contribution in [0.5, 0.6) is 5.75 Å². The molecule has 4 aromatic rings. The largest absolute Gasteiger partial charge is 0.505 e. The van der Waals surface area contributed by atoms with E-state index in [9.17, 15) is 5.11 Å². The van der Waals surface area contributed by atoms with E-state index in [2.05, 4.69) is 57.1 Å². The Morgan fingerprint density at radius 2 is 1.57 bits per heavy atom. The summed E-state index contributed by atoms with van der Waals surface area (Å²) >= 11 is 0. The van der Waals surface area contributed by atoms with E-state index in [0.717, 1.165) is 27.7 Å². The van der Waals surface area contributed by atoms with Crippen molar-refractivity contribution in [1.82, 2.24) is 15.0 Å². The number of hydrogen-bond donors (Lipinski definition) is 1. The van der Waals surface area contributed by atoms with Crippen LogP contribution >= 0.6 is 0 Å². The summed E-state index contributed by atoms with van der Waals surface area (Å²) in [4.78, 5) is 1.57. The minimum absolute atomic E-state index is 0.210. The predicted octanol–water partition coefficient (Wildman–Crippen LogP) is 6.04. The molecule has 0 spiro atoms. The fourth-order valence-corrected chi connectivity index (χ4v) is 3.48. The molecule has 3 aromatic carbocycles. The average molecular weight is 371 g/mol. The first-order valence-electron chi connectivity index (χ1n) is 9.74. The summed E-state index contributed by atoms with van der Waals surface area (Å²) in [5.74, 6) is 0.810. The summed E-state index contributed by atoms with van der Waals surface area (Å²) < 4.78 is 0. The van der Waals surface area contributed by atoms with E-state index in [-0.39, 0.29) is 11.7 Å². The van der Waals surface area contributed by atoms with Gasteiger partial charge in [0.2, 0.25) is 0 Å². The molecule has 4 nitrogen and oxygen atoms in total. The molecular formula is C24H25N3O. The highest BCUT2D eigenvalue weighted by atomic mass is 16.3. The summed E-state index contributed by atoms with van der Waals surface area (Å²) in [5.41, 5.74) is 6.49. The zero-order chi connectivity index (χ0) is 19.8. The van der Waals surface area contributed by atoms with Crippen LogP contribution in [0.1, 0.15) is 50.7 Å². The van der Waals surface area contributed by atoms with Gasteiger partial charge in [-0.3, -0.25) is 0 Å². The molecule has 0 atom stereocenters. The highest BCUT2D eigenvalue weighted by Crippen LogP contribution is 2.35. The highest BCUT2D eigenvalue weighted by molar-refractivity contribution is 5.91. The molecule has 0 amide bonds. The summed E-state index contributed by atoms with van der Waals surface area (Å²) in [5, 5.41) is 20.4. The van der Waals surface area contributed by atoms with Gasteiger partial charge in [0.05, 0.1) is 0 Å². The number of aromatic nitrogens is 3. The number of hydrogen-bond acceptors (Lipinski definition) is 3. The van der Waals surface area contributed by atoms with E-state index < -0.39 is 0 Å². The second-order valence-electron chi connectivity index (χ2n) is 7.82. The minimum Gasteiger partial charge on any atom is -0.505 e. The summed E-state index contributed by atoms with van der Waals surface area (Å²) in [6.45, 7) is 8.48. The molecule has 142 valence electrons. The number of phenols is 1. The quantitative estimate of drug-likeness (QED) is 0.476. The molecule has 1 N–H and O–H groups in total. The fourth-order valence-electron chi connectivity index (χ4n) is 3.48. The van der Waals surface area contributed by atoms with Gasteiger partial charge in [-0.05, 0) is 40.7 Å². The van der Waals surface area contributed by atoms with Crippen LogP contribution in [0.2, 0.25) is 0 Å². The molecule has 0 fully saturated rings. The Hall–Kier alpha value is -3.14. The van der Waals surface area contributed by atoms with Gasteiger partial charge in [0.1, 0.15) is 22.5 Å². The van der Waals surface area contributed by atoms with Gasteiger partial charge in [0.25, 0.3) is 0 Å². The first-order chi connectivity index (χ1) is 13.5. The molecular weight excluding hydrogens is 346 g/mol. The molecule has 0 saturated heterocycles. The number of rotatable bonds is 4. The third-order valence-electron chi connectivity index (χ3n) is 5.14. The van der Waals surface area contributed by atoms with Crippen molar-refractivity contribution in [3.05, 3.63) is 71.8 Å². The van der Waals surface area contributed by atoms with Gasteiger partial charge in [-0.15, -0.1) is 15.0 Å². The molecule has 4 rings (SSSR count). The molecule has 0 bridgehead atoms. The van der Waals surface area contributed by atoms with Crippen molar-refractivity contribution in [3.8, 4) is 22.6 Å². The fraction of sp³-hybridized carbons (Fsp3) is 0.250. The number of benzene rings is 3. The van der Waals surface area contributed by atoms with Gasteiger partial charge in [0, 0.05) is 5.56 Å². The van der Waals surface area contributed by atoms with Crippen molar-refractivity contribution in [2.75, 3.05) is 0 Å². The van der Waals surface area contributed by atoms with E-state index in [1.807, 2.05) is 36.4 Å². The Labute approximate surface area is 165 Å². The molecule has 0 aliphatic rings. The van der Waals surface area contributed by atoms with Crippen molar-refractivity contribution in [3.63, 3.8) is 0 Å². The maximum Gasteiger partial charge on any atom is 0.146 e. The SMILES string of the molecule is CC(C)c1cc(C(C)C)c(O)c(-n2nc3cccc(-c4ccccc4)c3n2)c1. The second-order valence-corrected chi connectivity index (χ2v) is 7.82. The molecule has 28 heavy (non-hydrogen) atoms. The van der Waals surface area contributed by atoms with E-state index in [1.165, 1.54) is 5.56 Å². The number of nitrogens with zero attached hydrogens (tertiary/aromatic N) is 3.